The van der Waals surface area contributed by atoms with Crippen LogP contribution in [0.3, 0.4) is 0 Å². The Hall–Kier alpha value is -1.07. The van der Waals surface area contributed by atoms with Crippen molar-refractivity contribution < 1.29 is 4.74 Å². The van der Waals surface area contributed by atoms with Crippen molar-refractivity contribution in [2.75, 3.05) is 26.2 Å². The fraction of sp³-hybridized carbons (Fsp3) is 0.500. The molecule has 0 aliphatic carbocycles. The molecule has 1 aromatic carbocycles. The van der Waals surface area contributed by atoms with Crippen molar-refractivity contribution >= 4 is 21.8 Å². The number of halogens is 1. The van der Waals surface area contributed by atoms with Crippen LogP contribution in [0.1, 0.15) is 13.8 Å². The number of hydrogen-bond donors (Lipinski definition) is 2. The van der Waals surface area contributed by atoms with Crippen molar-refractivity contribution in [2.24, 2.45) is 11.7 Å². The largest absolute Gasteiger partial charge is 0.492 e. The molecular formula is C14H22BrN3O. The molecule has 0 fully saturated rings. The fourth-order valence-electron chi connectivity index (χ4n) is 1.69. The maximum Gasteiger partial charge on any atom is 0.119 e. The molecule has 1 unspecified atom stereocenters. The number of nitrogens with two attached hydrogens (primary N) is 1. The molecule has 0 saturated heterocycles. The standard InChI is InChI=1S/C14H22BrN3O/c1-3-18(10-11(2)14(16)17)8-9-19-13-6-4-12(15)5-7-13/h4-7,11H,3,8-10H2,1-2H3,(H3,16,17). The SMILES string of the molecule is CCN(CCOc1ccc(Br)cc1)CC(C)C(=N)N. The number of benzene rings is 1. The summed E-state index contributed by atoms with van der Waals surface area (Å²) in [6, 6.07) is 7.81. The number of hydrogen-bond acceptors (Lipinski definition) is 3. The van der Waals surface area contributed by atoms with Gasteiger partial charge >= 0.3 is 0 Å². The molecule has 0 aliphatic heterocycles. The summed E-state index contributed by atoms with van der Waals surface area (Å²) < 4.78 is 6.73. The maximum atomic E-state index is 7.42. The molecule has 1 atom stereocenters. The summed E-state index contributed by atoms with van der Waals surface area (Å²) in [5, 5.41) is 7.42. The zero-order valence-corrected chi connectivity index (χ0v) is 13.1. The van der Waals surface area contributed by atoms with E-state index in [1.165, 1.54) is 0 Å². The Morgan fingerprint density at radius 3 is 2.58 bits per heavy atom. The highest BCUT2D eigenvalue weighted by Crippen LogP contribution is 2.15. The lowest BCUT2D eigenvalue weighted by Gasteiger charge is -2.23. The van der Waals surface area contributed by atoms with Gasteiger partial charge in [-0.2, -0.15) is 0 Å². The molecule has 19 heavy (non-hydrogen) atoms. The van der Waals surface area contributed by atoms with E-state index in [1.807, 2.05) is 31.2 Å². The Morgan fingerprint density at radius 2 is 2.05 bits per heavy atom. The summed E-state index contributed by atoms with van der Waals surface area (Å²) in [6.07, 6.45) is 0. The predicted octanol–water partition coefficient (Wildman–Crippen LogP) is 2.72. The number of nitrogens with zero attached hydrogens (tertiary/aromatic N) is 1. The number of amidine groups is 1. The van der Waals surface area contributed by atoms with E-state index < -0.39 is 0 Å². The minimum Gasteiger partial charge on any atom is -0.492 e. The lowest BCUT2D eigenvalue weighted by Crippen LogP contribution is -2.36. The van der Waals surface area contributed by atoms with Crippen LogP contribution in [0.4, 0.5) is 0 Å². The Bertz CT molecular complexity index is 394. The Morgan fingerprint density at radius 1 is 1.42 bits per heavy atom. The number of rotatable bonds is 8. The number of ether oxygens (including phenoxy) is 1. The number of nitrogens with one attached hydrogen (secondary N) is 1. The van der Waals surface area contributed by atoms with Crippen LogP contribution in [0, 0.1) is 11.3 Å². The molecule has 0 amide bonds. The molecule has 106 valence electrons. The van der Waals surface area contributed by atoms with Gasteiger partial charge in [-0.3, -0.25) is 10.3 Å². The van der Waals surface area contributed by atoms with Crippen LogP contribution in [-0.4, -0.2) is 37.0 Å². The van der Waals surface area contributed by atoms with E-state index in [2.05, 4.69) is 27.8 Å². The van der Waals surface area contributed by atoms with Gasteiger partial charge in [-0.15, -0.1) is 0 Å². The van der Waals surface area contributed by atoms with Crippen LogP contribution in [0.25, 0.3) is 0 Å². The van der Waals surface area contributed by atoms with E-state index in [4.69, 9.17) is 15.9 Å². The van der Waals surface area contributed by atoms with Gasteiger partial charge in [-0.05, 0) is 30.8 Å². The summed E-state index contributed by atoms with van der Waals surface area (Å²) in [6.45, 7) is 7.29. The second-order valence-corrected chi connectivity index (χ2v) is 5.47. The zero-order valence-electron chi connectivity index (χ0n) is 11.5. The molecular weight excluding hydrogens is 306 g/mol. The molecule has 0 aliphatic rings. The van der Waals surface area contributed by atoms with Gasteiger partial charge in [0.25, 0.3) is 0 Å². The van der Waals surface area contributed by atoms with Crippen LogP contribution in [0.15, 0.2) is 28.7 Å². The molecule has 0 bridgehead atoms. The van der Waals surface area contributed by atoms with Gasteiger partial charge in [0.2, 0.25) is 0 Å². The highest BCUT2D eigenvalue weighted by Gasteiger charge is 2.10. The van der Waals surface area contributed by atoms with Gasteiger partial charge in [0.1, 0.15) is 12.4 Å². The molecule has 1 rings (SSSR count). The Labute approximate surface area is 123 Å². The molecule has 1 aromatic rings. The first-order valence-corrected chi connectivity index (χ1v) is 7.26. The van der Waals surface area contributed by atoms with Crippen molar-refractivity contribution in [3.05, 3.63) is 28.7 Å². The summed E-state index contributed by atoms with van der Waals surface area (Å²) in [5.74, 6) is 1.21. The Kier molecular flexibility index (Phi) is 6.87. The predicted molar refractivity (Wildman–Crippen MR) is 82.8 cm³/mol. The minimum absolute atomic E-state index is 0.0904. The van der Waals surface area contributed by atoms with Crippen LogP contribution < -0.4 is 10.5 Å². The van der Waals surface area contributed by atoms with Gasteiger partial charge in [0.05, 0.1) is 5.84 Å². The average Bonchev–Trinajstić information content (AvgIpc) is 2.39. The number of likely N-dealkylation sites (N-methyl/N-ethyl adjacent to an activating group) is 1. The lowest BCUT2D eigenvalue weighted by molar-refractivity contribution is 0.207. The molecule has 3 N–H and O–H groups in total. The van der Waals surface area contributed by atoms with E-state index in [-0.39, 0.29) is 11.8 Å². The molecule has 4 nitrogen and oxygen atoms in total. The molecule has 0 heterocycles. The smallest absolute Gasteiger partial charge is 0.119 e. The van der Waals surface area contributed by atoms with Crippen LogP contribution in [0.2, 0.25) is 0 Å². The minimum atomic E-state index is 0.0904. The van der Waals surface area contributed by atoms with Crippen LogP contribution in [0.5, 0.6) is 5.75 Å². The van der Waals surface area contributed by atoms with Gasteiger partial charge < -0.3 is 10.5 Å². The van der Waals surface area contributed by atoms with E-state index in [9.17, 15) is 0 Å². The molecule has 0 spiro atoms. The van der Waals surface area contributed by atoms with Gasteiger partial charge in [0.15, 0.2) is 0 Å². The fourth-order valence-corrected chi connectivity index (χ4v) is 1.95. The normalized spacial score (nSPS) is 12.4. The van der Waals surface area contributed by atoms with E-state index in [0.717, 1.165) is 29.9 Å². The summed E-state index contributed by atoms with van der Waals surface area (Å²) in [7, 11) is 0. The second kappa shape index (κ2) is 8.17. The Balaban J connectivity index is 2.33. The van der Waals surface area contributed by atoms with E-state index in [0.29, 0.717) is 6.61 Å². The first-order valence-electron chi connectivity index (χ1n) is 6.47. The molecule has 0 aromatic heterocycles. The monoisotopic (exact) mass is 327 g/mol. The molecule has 0 radical (unpaired) electrons. The summed E-state index contributed by atoms with van der Waals surface area (Å²) in [4.78, 5) is 2.24. The van der Waals surface area contributed by atoms with Gasteiger partial charge in [0, 0.05) is 23.5 Å². The lowest BCUT2D eigenvalue weighted by atomic mass is 10.1. The van der Waals surface area contributed by atoms with Crippen LogP contribution in [-0.2, 0) is 0 Å². The van der Waals surface area contributed by atoms with Gasteiger partial charge in [-0.25, -0.2) is 0 Å². The van der Waals surface area contributed by atoms with Crippen molar-refractivity contribution in [3.63, 3.8) is 0 Å². The highest BCUT2D eigenvalue weighted by molar-refractivity contribution is 9.10. The van der Waals surface area contributed by atoms with Crippen molar-refractivity contribution in [1.29, 1.82) is 5.41 Å². The second-order valence-electron chi connectivity index (χ2n) is 4.55. The third kappa shape index (κ3) is 6.07. The molecule has 0 saturated carbocycles. The maximum absolute atomic E-state index is 7.42. The third-order valence-corrected chi connectivity index (χ3v) is 3.53. The summed E-state index contributed by atoms with van der Waals surface area (Å²) >= 11 is 3.39. The van der Waals surface area contributed by atoms with Gasteiger partial charge in [-0.1, -0.05) is 29.8 Å². The van der Waals surface area contributed by atoms with Crippen LogP contribution >= 0.6 is 15.9 Å². The average molecular weight is 328 g/mol. The van der Waals surface area contributed by atoms with Crippen molar-refractivity contribution in [1.82, 2.24) is 4.90 Å². The van der Waals surface area contributed by atoms with Crippen molar-refractivity contribution in [3.8, 4) is 5.75 Å². The van der Waals surface area contributed by atoms with Crippen molar-refractivity contribution in [2.45, 2.75) is 13.8 Å². The van der Waals surface area contributed by atoms with E-state index in [1.54, 1.807) is 0 Å². The molecule has 5 heteroatoms. The zero-order chi connectivity index (χ0) is 14.3. The first-order chi connectivity index (χ1) is 9.02. The third-order valence-electron chi connectivity index (χ3n) is 3.00. The first kappa shape index (κ1) is 16.0. The van der Waals surface area contributed by atoms with E-state index >= 15 is 0 Å². The quantitative estimate of drug-likeness (QED) is 0.570. The topological polar surface area (TPSA) is 62.3 Å². The highest BCUT2D eigenvalue weighted by atomic mass is 79.9. The summed E-state index contributed by atoms with van der Waals surface area (Å²) in [5.41, 5.74) is 5.49.